The van der Waals surface area contributed by atoms with Crippen LogP contribution in [-0.2, 0) is 0 Å². The van der Waals surface area contributed by atoms with Gasteiger partial charge in [0.15, 0.2) is 0 Å². The van der Waals surface area contributed by atoms with Gasteiger partial charge in [0.1, 0.15) is 0 Å². The van der Waals surface area contributed by atoms with Gasteiger partial charge in [-0.15, -0.1) is 0 Å². The number of fused-ring (bicyclic) bond motifs is 12. The Morgan fingerprint density at radius 3 is 1.85 bits per heavy atom. The predicted octanol–water partition coefficient (Wildman–Crippen LogP) is 10.7. The number of para-hydroxylation sites is 4. The van der Waals surface area contributed by atoms with Crippen molar-refractivity contribution in [1.29, 1.82) is 0 Å². The Kier molecular flexibility index (Phi) is 4.55. The van der Waals surface area contributed by atoms with Crippen molar-refractivity contribution in [3.8, 4) is 17.2 Å². The third-order valence-electron chi connectivity index (χ3n) is 9.82. The van der Waals surface area contributed by atoms with Crippen molar-refractivity contribution in [3.63, 3.8) is 0 Å². The highest BCUT2D eigenvalue weighted by Gasteiger charge is 2.25. The van der Waals surface area contributed by atoms with E-state index in [-0.39, 0.29) is 0 Å². The first-order valence-corrected chi connectivity index (χ1v) is 15.7. The summed E-state index contributed by atoms with van der Waals surface area (Å²) in [6.07, 6.45) is 0. The number of nitrogens with zero attached hydrogens (tertiary/aromatic N) is 4. The van der Waals surface area contributed by atoms with Crippen LogP contribution in [0.3, 0.4) is 0 Å². The summed E-state index contributed by atoms with van der Waals surface area (Å²) in [5.74, 6) is 0.677. The molecular formula is C42H24N4. The molecule has 4 heteroatoms. The number of benzene rings is 7. The van der Waals surface area contributed by atoms with E-state index >= 15 is 0 Å². The quantitative estimate of drug-likeness (QED) is 0.203. The van der Waals surface area contributed by atoms with E-state index in [4.69, 9.17) is 9.97 Å². The van der Waals surface area contributed by atoms with Crippen molar-refractivity contribution in [2.24, 2.45) is 0 Å². The van der Waals surface area contributed by atoms with Crippen LogP contribution in [0.25, 0.3) is 98.8 Å². The zero-order valence-electron chi connectivity index (χ0n) is 24.6. The summed E-state index contributed by atoms with van der Waals surface area (Å²) >= 11 is 0. The first kappa shape index (κ1) is 24.1. The van der Waals surface area contributed by atoms with E-state index in [2.05, 4.69) is 155 Å². The first-order chi connectivity index (χ1) is 22.8. The van der Waals surface area contributed by atoms with Gasteiger partial charge in [-0.3, -0.25) is 4.57 Å². The molecule has 4 nitrogen and oxygen atoms in total. The summed E-state index contributed by atoms with van der Waals surface area (Å²) in [5.41, 5.74) is 8.87. The second-order valence-corrected chi connectivity index (χ2v) is 12.2. The molecule has 4 aromatic heterocycles. The molecule has 11 aromatic rings. The molecule has 0 N–H and O–H groups in total. The van der Waals surface area contributed by atoms with Gasteiger partial charge in [-0.05, 0) is 47.2 Å². The second kappa shape index (κ2) is 8.68. The number of hydrogen-bond donors (Lipinski definition) is 0. The second-order valence-electron chi connectivity index (χ2n) is 12.2. The van der Waals surface area contributed by atoms with Crippen molar-refractivity contribution in [2.75, 3.05) is 0 Å². The molecule has 0 aliphatic carbocycles. The van der Waals surface area contributed by atoms with Crippen LogP contribution >= 0.6 is 0 Å². The fraction of sp³-hybridized carbons (Fsp3) is 0. The average molecular weight is 585 g/mol. The fourth-order valence-corrected chi connectivity index (χ4v) is 7.89. The van der Waals surface area contributed by atoms with Gasteiger partial charge in [-0.2, -0.15) is 0 Å². The summed E-state index contributed by atoms with van der Waals surface area (Å²) in [5, 5.41) is 10.9. The van der Waals surface area contributed by atoms with Crippen LogP contribution in [0, 0.1) is 0 Å². The standard InChI is InChI=1S/C42H24N4/c1-2-12-26-23-27(22-21-25(26)11-1)39-30-15-3-7-17-34(30)43-42(44-39)46-36-19-9-5-14-29(36)33-24-32-28-13-4-8-18-35(28)45-37-20-10-6-16-31(37)38(40(32)45)41(33)46/h1-24H. The lowest BCUT2D eigenvalue weighted by Gasteiger charge is -2.13. The van der Waals surface area contributed by atoms with E-state index in [1.807, 2.05) is 0 Å². The maximum Gasteiger partial charge on any atom is 0.235 e. The molecule has 4 heterocycles. The first-order valence-electron chi connectivity index (χ1n) is 15.7. The van der Waals surface area contributed by atoms with Crippen LogP contribution in [0.15, 0.2) is 146 Å². The predicted molar refractivity (Wildman–Crippen MR) is 191 cm³/mol. The third-order valence-corrected chi connectivity index (χ3v) is 9.82. The molecule has 0 bridgehead atoms. The molecule has 7 aromatic carbocycles. The van der Waals surface area contributed by atoms with Crippen LogP contribution in [0.2, 0.25) is 0 Å². The van der Waals surface area contributed by atoms with Gasteiger partial charge in [-0.1, -0.05) is 109 Å². The van der Waals surface area contributed by atoms with Gasteiger partial charge in [0, 0.05) is 43.3 Å². The molecule has 0 amide bonds. The lowest BCUT2D eigenvalue weighted by Crippen LogP contribution is -2.03. The summed E-state index contributed by atoms with van der Waals surface area (Å²) in [6.45, 7) is 0. The molecule has 212 valence electrons. The van der Waals surface area contributed by atoms with Crippen molar-refractivity contribution < 1.29 is 0 Å². The molecule has 0 fully saturated rings. The van der Waals surface area contributed by atoms with E-state index in [0.29, 0.717) is 5.95 Å². The molecule has 0 radical (unpaired) electrons. The molecule has 0 saturated carbocycles. The molecule has 0 spiro atoms. The van der Waals surface area contributed by atoms with Crippen molar-refractivity contribution in [1.82, 2.24) is 18.9 Å². The molecule has 0 saturated heterocycles. The molecule has 11 rings (SSSR count). The summed E-state index contributed by atoms with van der Waals surface area (Å²) in [7, 11) is 0. The van der Waals surface area contributed by atoms with Gasteiger partial charge < -0.3 is 4.40 Å². The maximum atomic E-state index is 5.44. The SMILES string of the molecule is c1ccc2cc(-c3nc(-n4c5ccccc5c5cc6c7ccccc7n7c8ccccc8c(c54)c67)nc4ccccc34)ccc2c1. The zero-order chi connectivity index (χ0) is 29.9. The summed E-state index contributed by atoms with van der Waals surface area (Å²) < 4.78 is 4.75. The summed E-state index contributed by atoms with van der Waals surface area (Å²) in [4.78, 5) is 10.7. The molecule has 0 unspecified atom stereocenters. The van der Waals surface area contributed by atoms with Crippen LogP contribution in [-0.4, -0.2) is 18.9 Å². The smallest absolute Gasteiger partial charge is 0.235 e. The van der Waals surface area contributed by atoms with Gasteiger partial charge in [0.2, 0.25) is 5.95 Å². The van der Waals surface area contributed by atoms with Gasteiger partial charge in [0.05, 0.1) is 38.8 Å². The van der Waals surface area contributed by atoms with Gasteiger partial charge in [-0.25, -0.2) is 9.97 Å². The van der Waals surface area contributed by atoms with Crippen LogP contribution in [0.1, 0.15) is 0 Å². The van der Waals surface area contributed by atoms with Crippen molar-refractivity contribution in [3.05, 3.63) is 146 Å². The van der Waals surface area contributed by atoms with Crippen LogP contribution in [0.4, 0.5) is 0 Å². The Morgan fingerprint density at radius 1 is 0.413 bits per heavy atom. The highest BCUT2D eigenvalue weighted by molar-refractivity contribution is 6.34. The molecule has 0 atom stereocenters. The highest BCUT2D eigenvalue weighted by Crippen LogP contribution is 2.46. The Bertz CT molecular complexity index is 3030. The number of aromatic nitrogens is 4. The Morgan fingerprint density at radius 2 is 1.02 bits per heavy atom. The molecule has 0 aliphatic heterocycles. The van der Waals surface area contributed by atoms with E-state index in [1.165, 1.54) is 59.6 Å². The lowest BCUT2D eigenvalue weighted by molar-refractivity contribution is 1.02. The van der Waals surface area contributed by atoms with Crippen molar-refractivity contribution >= 4 is 81.6 Å². The number of hydrogen-bond acceptors (Lipinski definition) is 2. The van der Waals surface area contributed by atoms with Gasteiger partial charge in [0.25, 0.3) is 0 Å². The third kappa shape index (κ3) is 3.03. The average Bonchev–Trinajstić information content (AvgIpc) is 3.75. The molecular weight excluding hydrogens is 560 g/mol. The van der Waals surface area contributed by atoms with E-state index in [1.54, 1.807) is 0 Å². The topological polar surface area (TPSA) is 35.1 Å². The highest BCUT2D eigenvalue weighted by atomic mass is 15.2. The van der Waals surface area contributed by atoms with Crippen LogP contribution in [0.5, 0.6) is 0 Å². The monoisotopic (exact) mass is 584 g/mol. The van der Waals surface area contributed by atoms with E-state index < -0.39 is 0 Å². The lowest BCUT2D eigenvalue weighted by atomic mass is 10.0. The Hall–Kier alpha value is -6.26. The Balaban J connectivity index is 1.34. The fourth-order valence-electron chi connectivity index (χ4n) is 7.89. The van der Waals surface area contributed by atoms with E-state index in [0.717, 1.165) is 33.2 Å². The zero-order valence-corrected chi connectivity index (χ0v) is 24.6. The van der Waals surface area contributed by atoms with Crippen molar-refractivity contribution in [2.45, 2.75) is 0 Å². The van der Waals surface area contributed by atoms with E-state index in [9.17, 15) is 0 Å². The number of rotatable bonds is 2. The summed E-state index contributed by atoms with van der Waals surface area (Å²) in [6, 6.07) is 52.1. The van der Waals surface area contributed by atoms with Gasteiger partial charge >= 0.3 is 0 Å². The van der Waals surface area contributed by atoms with Crippen LogP contribution < -0.4 is 0 Å². The minimum atomic E-state index is 0.677. The minimum absolute atomic E-state index is 0.677. The molecule has 0 aliphatic rings. The maximum absolute atomic E-state index is 5.44. The largest absolute Gasteiger partial charge is 0.308 e. The normalized spacial score (nSPS) is 12.3. The minimum Gasteiger partial charge on any atom is -0.308 e. The molecule has 46 heavy (non-hydrogen) atoms. The Labute approximate surface area is 262 Å².